The molecule has 0 saturated carbocycles. The summed E-state index contributed by atoms with van der Waals surface area (Å²) in [4.78, 5) is 23.2. The first-order valence-corrected chi connectivity index (χ1v) is 12.7. The van der Waals surface area contributed by atoms with Gasteiger partial charge in [-0.05, 0) is 79.0 Å². The van der Waals surface area contributed by atoms with Gasteiger partial charge in [-0.1, -0.05) is 24.3 Å². The van der Waals surface area contributed by atoms with E-state index in [-0.39, 0.29) is 18.1 Å². The van der Waals surface area contributed by atoms with Crippen LogP contribution in [0, 0.1) is 11.8 Å². The maximum absolute atomic E-state index is 12.2. The number of aliphatic hydroxyl groups is 1. The maximum Gasteiger partial charge on any atom is 0.303 e. The van der Waals surface area contributed by atoms with Crippen LogP contribution in [-0.2, 0) is 30.6 Å². The van der Waals surface area contributed by atoms with E-state index in [1.54, 1.807) is 12.1 Å². The van der Waals surface area contributed by atoms with Crippen molar-refractivity contribution >= 4 is 11.8 Å². The third kappa shape index (κ3) is 6.23. The zero-order valence-corrected chi connectivity index (χ0v) is 21.6. The van der Waals surface area contributed by atoms with Gasteiger partial charge in [0.25, 0.3) is 0 Å². The van der Waals surface area contributed by atoms with Crippen LogP contribution in [0.1, 0.15) is 58.5 Å². The van der Waals surface area contributed by atoms with E-state index in [1.165, 1.54) is 32.3 Å². The zero-order chi connectivity index (χ0) is 26.5. The number of hydrogen-bond donors (Lipinski definition) is 2. The molecule has 0 spiro atoms. The summed E-state index contributed by atoms with van der Waals surface area (Å²) in [6, 6.07) is 13.9. The molecule has 0 bridgehead atoms. The number of methoxy groups -OCH3 is 2. The Kier molecular flexibility index (Phi) is 8.34. The molecule has 2 aromatic carbocycles. The first-order chi connectivity index (χ1) is 17.8. The Morgan fingerprint density at radius 1 is 1.05 bits per heavy atom. The average Bonchev–Trinajstić information content (AvgIpc) is 3.51. The second-order valence-corrected chi connectivity index (χ2v) is 9.95. The number of benzene rings is 2. The molecule has 3 aromatic rings. The summed E-state index contributed by atoms with van der Waals surface area (Å²) < 4.78 is 13.0. The van der Waals surface area contributed by atoms with Gasteiger partial charge in [0.05, 0.1) is 20.3 Å². The third-order valence-corrected chi connectivity index (χ3v) is 7.32. The Bertz CT molecular complexity index is 1210. The number of fused-ring (bicyclic) bond motifs is 1. The number of aromatic nitrogens is 1. The number of Topliss-reactive ketones (excluding diaryl/α,β-unsaturated/α-hetero) is 1. The summed E-state index contributed by atoms with van der Waals surface area (Å²) in [5, 5.41) is 20.7. The van der Waals surface area contributed by atoms with Crippen molar-refractivity contribution in [2.75, 3.05) is 14.2 Å². The number of aryl methyl sites for hydroxylation is 1. The maximum atomic E-state index is 12.2. The lowest BCUT2D eigenvalue weighted by Gasteiger charge is -2.27. The minimum absolute atomic E-state index is 0.0818. The standard InChI is InChI=1S/C30H35NO6/c1-19(32)29-26(36-2)15-24(16-27(29)37-3)30(35)25(14-21-12-22-6-4-5-7-23(22)13-21)18-31-11-10-20(17-31)8-9-28(33)34/h4-7,10-11,15-17,21,25,30,35H,8-9,12-14,18H2,1-3H3,(H,33,34)/t25-,30-/m1/s1. The van der Waals surface area contributed by atoms with E-state index in [1.807, 2.05) is 23.0 Å². The molecule has 37 heavy (non-hydrogen) atoms. The van der Waals surface area contributed by atoms with E-state index in [9.17, 15) is 14.7 Å². The Morgan fingerprint density at radius 2 is 1.68 bits per heavy atom. The Balaban J connectivity index is 1.62. The summed E-state index contributed by atoms with van der Waals surface area (Å²) in [6.07, 6.45) is 6.39. The van der Waals surface area contributed by atoms with Gasteiger partial charge in [-0.2, -0.15) is 0 Å². The van der Waals surface area contributed by atoms with Crippen LogP contribution < -0.4 is 9.47 Å². The largest absolute Gasteiger partial charge is 0.496 e. The number of nitrogens with zero attached hydrogens (tertiary/aromatic N) is 1. The number of hydrogen-bond acceptors (Lipinski definition) is 5. The monoisotopic (exact) mass is 505 g/mol. The van der Waals surface area contributed by atoms with Gasteiger partial charge in [0.2, 0.25) is 0 Å². The SMILES string of the molecule is COc1cc([C@@H](O)[C@H](CC2Cc3ccccc3C2)Cn2ccc(CCC(=O)O)c2)cc(OC)c1C(C)=O. The molecule has 0 radical (unpaired) electrons. The van der Waals surface area contributed by atoms with E-state index >= 15 is 0 Å². The van der Waals surface area contributed by atoms with Crippen molar-refractivity contribution < 1.29 is 29.3 Å². The quantitative estimate of drug-likeness (QED) is 0.341. The molecule has 196 valence electrons. The fraction of sp³-hybridized carbons (Fsp3) is 0.400. The summed E-state index contributed by atoms with van der Waals surface area (Å²) in [6.45, 7) is 2.03. The molecule has 0 amide bonds. The summed E-state index contributed by atoms with van der Waals surface area (Å²) in [5.74, 6) is 0.0423. The number of ketones is 1. The fourth-order valence-electron chi connectivity index (χ4n) is 5.54. The Morgan fingerprint density at radius 3 is 2.22 bits per heavy atom. The minimum atomic E-state index is -0.822. The van der Waals surface area contributed by atoms with Gasteiger partial charge >= 0.3 is 5.97 Å². The van der Waals surface area contributed by atoms with Crippen molar-refractivity contribution in [3.05, 3.63) is 82.7 Å². The molecule has 2 atom stereocenters. The van der Waals surface area contributed by atoms with Crippen molar-refractivity contribution in [2.45, 2.75) is 51.7 Å². The third-order valence-electron chi connectivity index (χ3n) is 7.32. The molecule has 0 unspecified atom stereocenters. The predicted octanol–water partition coefficient (Wildman–Crippen LogP) is 4.88. The lowest BCUT2D eigenvalue weighted by Crippen LogP contribution is -2.22. The molecule has 1 aromatic heterocycles. The zero-order valence-electron chi connectivity index (χ0n) is 21.6. The topological polar surface area (TPSA) is 98.0 Å². The molecule has 2 N–H and O–H groups in total. The van der Waals surface area contributed by atoms with E-state index in [0.717, 1.165) is 24.8 Å². The predicted molar refractivity (Wildman–Crippen MR) is 140 cm³/mol. The lowest BCUT2D eigenvalue weighted by atomic mass is 9.85. The highest BCUT2D eigenvalue weighted by molar-refractivity contribution is 5.99. The number of carboxylic acids is 1. The van der Waals surface area contributed by atoms with Crippen molar-refractivity contribution in [1.82, 2.24) is 4.57 Å². The molecule has 1 heterocycles. The van der Waals surface area contributed by atoms with Crippen LogP contribution in [0.4, 0.5) is 0 Å². The number of aliphatic hydroxyl groups excluding tert-OH is 1. The molecule has 4 rings (SSSR count). The number of rotatable bonds is 12. The number of carbonyl (C=O) groups excluding carboxylic acids is 1. The van der Waals surface area contributed by atoms with Crippen molar-refractivity contribution in [1.29, 1.82) is 0 Å². The Labute approximate surface area is 217 Å². The molecular formula is C30H35NO6. The summed E-state index contributed by atoms with van der Waals surface area (Å²) >= 11 is 0. The minimum Gasteiger partial charge on any atom is -0.496 e. The molecule has 0 fully saturated rings. The number of aliphatic carboxylic acids is 1. The Hall–Kier alpha value is -3.58. The summed E-state index contributed by atoms with van der Waals surface area (Å²) in [7, 11) is 3.01. The van der Waals surface area contributed by atoms with Gasteiger partial charge in [0.15, 0.2) is 5.78 Å². The van der Waals surface area contributed by atoms with Gasteiger partial charge in [-0.3, -0.25) is 9.59 Å². The van der Waals surface area contributed by atoms with Crippen LogP contribution in [0.2, 0.25) is 0 Å². The molecule has 1 aliphatic rings. The van der Waals surface area contributed by atoms with Crippen molar-refractivity contribution in [3.8, 4) is 11.5 Å². The normalized spacial score (nSPS) is 14.7. The van der Waals surface area contributed by atoms with Gasteiger partial charge in [-0.15, -0.1) is 0 Å². The highest BCUT2D eigenvalue weighted by atomic mass is 16.5. The van der Waals surface area contributed by atoms with Gasteiger partial charge < -0.3 is 24.3 Å². The molecule has 7 heteroatoms. The second-order valence-electron chi connectivity index (χ2n) is 9.95. The fourth-order valence-corrected chi connectivity index (χ4v) is 5.54. The van der Waals surface area contributed by atoms with Crippen LogP contribution in [0.15, 0.2) is 54.9 Å². The van der Waals surface area contributed by atoms with Crippen molar-refractivity contribution in [2.24, 2.45) is 11.8 Å². The smallest absolute Gasteiger partial charge is 0.303 e. The molecule has 1 aliphatic carbocycles. The van der Waals surface area contributed by atoms with Crippen LogP contribution in [0.25, 0.3) is 0 Å². The van der Waals surface area contributed by atoms with Crippen LogP contribution in [0.5, 0.6) is 11.5 Å². The number of ether oxygens (including phenoxy) is 2. The van der Waals surface area contributed by atoms with Crippen molar-refractivity contribution in [3.63, 3.8) is 0 Å². The molecular weight excluding hydrogens is 470 g/mol. The van der Waals surface area contributed by atoms with Crippen LogP contribution >= 0.6 is 0 Å². The second kappa shape index (κ2) is 11.6. The molecule has 0 aliphatic heterocycles. The highest BCUT2D eigenvalue weighted by Crippen LogP contribution is 2.39. The lowest BCUT2D eigenvalue weighted by molar-refractivity contribution is -0.136. The van der Waals surface area contributed by atoms with Gasteiger partial charge in [-0.25, -0.2) is 0 Å². The van der Waals surface area contributed by atoms with E-state index in [4.69, 9.17) is 14.6 Å². The average molecular weight is 506 g/mol. The van der Waals surface area contributed by atoms with Gasteiger partial charge in [0.1, 0.15) is 17.1 Å². The van der Waals surface area contributed by atoms with E-state index in [2.05, 4.69) is 24.3 Å². The molecule has 7 nitrogen and oxygen atoms in total. The van der Waals surface area contributed by atoms with E-state index in [0.29, 0.717) is 41.5 Å². The van der Waals surface area contributed by atoms with Gasteiger partial charge in [0, 0.05) is 31.3 Å². The first kappa shape index (κ1) is 26.5. The highest BCUT2D eigenvalue weighted by Gasteiger charge is 2.30. The molecule has 0 saturated heterocycles. The van der Waals surface area contributed by atoms with Crippen LogP contribution in [0.3, 0.4) is 0 Å². The number of carboxylic acid groups (broad SMARTS) is 1. The number of carbonyl (C=O) groups is 2. The van der Waals surface area contributed by atoms with Crippen LogP contribution in [-0.4, -0.2) is 40.8 Å². The first-order valence-electron chi connectivity index (χ1n) is 12.7. The summed E-state index contributed by atoms with van der Waals surface area (Å²) in [5.41, 5.74) is 4.69. The van der Waals surface area contributed by atoms with E-state index < -0.39 is 12.1 Å².